The summed E-state index contributed by atoms with van der Waals surface area (Å²) in [6.07, 6.45) is 4.26. The van der Waals surface area contributed by atoms with E-state index in [9.17, 15) is 0 Å². The summed E-state index contributed by atoms with van der Waals surface area (Å²) in [4.78, 5) is 11.6. The maximum absolute atomic E-state index is 4.68. The van der Waals surface area contributed by atoms with Gasteiger partial charge in [-0.1, -0.05) is 13.8 Å². The molecule has 1 fully saturated rings. The first-order valence-electron chi connectivity index (χ1n) is 8.88. The number of pyridine rings is 1. The molecule has 0 bridgehead atoms. The van der Waals surface area contributed by atoms with Gasteiger partial charge >= 0.3 is 0 Å². The fourth-order valence-electron chi connectivity index (χ4n) is 3.13. The van der Waals surface area contributed by atoms with Gasteiger partial charge in [-0.15, -0.1) is 5.10 Å². The predicted octanol–water partition coefficient (Wildman–Crippen LogP) is 2.91. The summed E-state index contributed by atoms with van der Waals surface area (Å²) in [6, 6.07) is 4.28. The van der Waals surface area contributed by atoms with Crippen LogP contribution in [0, 0.1) is 6.92 Å². The highest BCUT2D eigenvalue weighted by Gasteiger charge is 2.14. The molecule has 128 valence electrons. The van der Waals surface area contributed by atoms with E-state index in [4.69, 9.17) is 0 Å². The highest BCUT2D eigenvalue weighted by molar-refractivity contribution is 5.44. The van der Waals surface area contributed by atoms with Crippen LogP contribution in [0.3, 0.4) is 0 Å². The van der Waals surface area contributed by atoms with Crippen molar-refractivity contribution in [2.75, 3.05) is 23.3 Å². The van der Waals surface area contributed by atoms with E-state index in [0.29, 0.717) is 12.5 Å². The molecule has 0 aliphatic carbocycles. The van der Waals surface area contributed by atoms with E-state index in [1.54, 1.807) is 0 Å². The van der Waals surface area contributed by atoms with Crippen LogP contribution in [0.25, 0.3) is 0 Å². The Morgan fingerprint density at radius 2 is 1.75 bits per heavy atom. The van der Waals surface area contributed by atoms with Crippen LogP contribution in [-0.4, -0.2) is 33.3 Å². The molecule has 0 radical (unpaired) electrons. The fraction of sp³-hybridized carbons (Fsp3) is 0.556. The second-order valence-corrected chi connectivity index (χ2v) is 6.26. The third-order valence-electron chi connectivity index (χ3n) is 4.39. The van der Waals surface area contributed by atoms with E-state index in [1.807, 2.05) is 6.92 Å². The molecule has 0 saturated carbocycles. The Labute approximate surface area is 143 Å². The average Bonchev–Trinajstić information content (AvgIpc) is 3.14. The fourth-order valence-corrected chi connectivity index (χ4v) is 3.13. The molecule has 0 aromatic carbocycles. The SMILES string of the molecule is CCc1nnc(NCc2cc(C)nc(N3CCCC3)c2)nc1CC. The van der Waals surface area contributed by atoms with Crippen LogP contribution in [0.15, 0.2) is 12.1 Å². The number of aryl methyl sites for hydroxylation is 3. The van der Waals surface area contributed by atoms with Crippen molar-refractivity contribution in [1.82, 2.24) is 20.2 Å². The summed E-state index contributed by atoms with van der Waals surface area (Å²) in [5, 5.41) is 11.8. The second-order valence-electron chi connectivity index (χ2n) is 6.26. The highest BCUT2D eigenvalue weighted by Crippen LogP contribution is 2.20. The molecule has 24 heavy (non-hydrogen) atoms. The first-order chi connectivity index (χ1) is 11.7. The topological polar surface area (TPSA) is 66.8 Å². The Balaban J connectivity index is 1.72. The molecular weight excluding hydrogens is 300 g/mol. The van der Waals surface area contributed by atoms with E-state index < -0.39 is 0 Å². The number of aromatic nitrogens is 4. The monoisotopic (exact) mass is 326 g/mol. The molecule has 3 rings (SSSR count). The number of anilines is 2. The molecule has 2 aromatic rings. The molecule has 0 amide bonds. The molecule has 2 aromatic heterocycles. The third kappa shape index (κ3) is 3.80. The lowest BCUT2D eigenvalue weighted by Crippen LogP contribution is -2.19. The van der Waals surface area contributed by atoms with Crippen molar-refractivity contribution in [3.8, 4) is 0 Å². The van der Waals surface area contributed by atoms with Gasteiger partial charge in [0, 0.05) is 25.3 Å². The lowest BCUT2D eigenvalue weighted by molar-refractivity contribution is 0.819. The van der Waals surface area contributed by atoms with E-state index in [1.165, 1.54) is 18.4 Å². The van der Waals surface area contributed by atoms with Gasteiger partial charge in [-0.3, -0.25) is 0 Å². The smallest absolute Gasteiger partial charge is 0.243 e. The van der Waals surface area contributed by atoms with E-state index in [0.717, 1.165) is 48.8 Å². The van der Waals surface area contributed by atoms with Crippen molar-refractivity contribution in [3.05, 3.63) is 34.8 Å². The van der Waals surface area contributed by atoms with Gasteiger partial charge in [0.25, 0.3) is 0 Å². The van der Waals surface area contributed by atoms with Crippen molar-refractivity contribution in [3.63, 3.8) is 0 Å². The van der Waals surface area contributed by atoms with Crippen LogP contribution in [0.5, 0.6) is 0 Å². The zero-order valence-corrected chi connectivity index (χ0v) is 14.8. The number of hydrogen-bond acceptors (Lipinski definition) is 6. The van der Waals surface area contributed by atoms with Crippen molar-refractivity contribution >= 4 is 11.8 Å². The van der Waals surface area contributed by atoms with Gasteiger partial charge in [0.2, 0.25) is 5.95 Å². The van der Waals surface area contributed by atoms with Crippen LogP contribution in [0.1, 0.15) is 49.3 Å². The molecule has 1 aliphatic rings. The van der Waals surface area contributed by atoms with Crippen molar-refractivity contribution < 1.29 is 0 Å². The lowest BCUT2D eigenvalue weighted by atomic mass is 10.2. The Hall–Kier alpha value is -2.24. The minimum Gasteiger partial charge on any atom is -0.357 e. The summed E-state index contributed by atoms with van der Waals surface area (Å²) >= 11 is 0. The van der Waals surface area contributed by atoms with Crippen molar-refractivity contribution in [1.29, 1.82) is 0 Å². The molecule has 0 spiro atoms. The molecule has 0 atom stereocenters. The minimum atomic E-state index is 0.598. The highest BCUT2D eigenvalue weighted by atomic mass is 15.2. The Bertz CT molecular complexity index is 694. The number of nitrogens with one attached hydrogen (secondary N) is 1. The maximum Gasteiger partial charge on any atom is 0.243 e. The van der Waals surface area contributed by atoms with Crippen LogP contribution in [-0.2, 0) is 19.4 Å². The molecule has 6 heteroatoms. The predicted molar refractivity (Wildman–Crippen MR) is 96.3 cm³/mol. The normalized spacial score (nSPS) is 14.2. The van der Waals surface area contributed by atoms with Crippen LogP contribution in [0.4, 0.5) is 11.8 Å². The maximum atomic E-state index is 4.68. The quantitative estimate of drug-likeness (QED) is 0.880. The van der Waals surface area contributed by atoms with Gasteiger partial charge < -0.3 is 10.2 Å². The molecule has 3 heterocycles. The first-order valence-corrected chi connectivity index (χ1v) is 8.88. The minimum absolute atomic E-state index is 0.598. The van der Waals surface area contributed by atoms with Crippen molar-refractivity contribution in [2.24, 2.45) is 0 Å². The lowest BCUT2D eigenvalue weighted by Gasteiger charge is -2.18. The van der Waals surface area contributed by atoms with Gasteiger partial charge in [-0.05, 0) is 50.3 Å². The first kappa shape index (κ1) is 16.6. The summed E-state index contributed by atoms with van der Waals surface area (Å²) in [7, 11) is 0. The van der Waals surface area contributed by atoms with Gasteiger partial charge in [0.1, 0.15) is 5.82 Å². The zero-order chi connectivity index (χ0) is 16.9. The standard InChI is InChI=1S/C18H26N6/c1-4-15-16(5-2)22-23-18(21-15)19-12-14-10-13(3)20-17(11-14)24-8-6-7-9-24/h10-11H,4-9,12H2,1-3H3,(H,19,21,23). The zero-order valence-electron chi connectivity index (χ0n) is 14.8. The largest absolute Gasteiger partial charge is 0.357 e. The number of nitrogens with zero attached hydrogens (tertiary/aromatic N) is 5. The second kappa shape index (κ2) is 7.55. The van der Waals surface area contributed by atoms with Crippen molar-refractivity contribution in [2.45, 2.75) is 53.0 Å². The summed E-state index contributed by atoms with van der Waals surface area (Å²) in [6.45, 7) is 9.12. The Morgan fingerprint density at radius 1 is 1.00 bits per heavy atom. The number of rotatable bonds is 6. The van der Waals surface area contributed by atoms with Gasteiger partial charge in [-0.2, -0.15) is 5.10 Å². The third-order valence-corrected chi connectivity index (χ3v) is 4.39. The van der Waals surface area contributed by atoms with E-state index in [-0.39, 0.29) is 0 Å². The molecule has 6 nitrogen and oxygen atoms in total. The van der Waals surface area contributed by atoms with E-state index >= 15 is 0 Å². The summed E-state index contributed by atoms with van der Waals surface area (Å²) < 4.78 is 0. The molecule has 0 unspecified atom stereocenters. The molecule has 1 N–H and O–H groups in total. The Morgan fingerprint density at radius 3 is 2.46 bits per heavy atom. The summed E-state index contributed by atoms with van der Waals surface area (Å²) in [5.74, 6) is 1.68. The average molecular weight is 326 g/mol. The van der Waals surface area contributed by atoms with E-state index in [2.05, 4.69) is 56.4 Å². The van der Waals surface area contributed by atoms with Gasteiger partial charge in [0.15, 0.2) is 0 Å². The molecule has 1 aliphatic heterocycles. The van der Waals surface area contributed by atoms with Crippen LogP contribution in [0.2, 0.25) is 0 Å². The van der Waals surface area contributed by atoms with Gasteiger partial charge in [0.05, 0.1) is 11.4 Å². The number of hydrogen-bond donors (Lipinski definition) is 1. The summed E-state index contributed by atoms with van der Waals surface area (Å²) in [5.41, 5.74) is 4.26. The Kier molecular flexibility index (Phi) is 5.23. The molecule has 1 saturated heterocycles. The molecular formula is C18H26N6. The van der Waals surface area contributed by atoms with Crippen LogP contribution >= 0.6 is 0 Å². The van der Waals surface area contributed by atoms with Crippen LogP contribution < -0.4 is 10.2 Å². The van der Waals surface area contributed by atoms with Gasteiger partial charge in [-0.25, -0.2) is 9.97 Å².